The highest BCUT2D eigenvalue weighted by molar-refractivity contribution is 8.06. The highest BCUT2D eigenvalue weighted by Gasteiger charge is 2.69. The summed E-state index contributed by atoms with van der Waals surface area (Å²) in [6.45, 7) is 6.22. The number of ketones is 1. The number of alkyl halides is 1. The van der Waals surface area contributed by atoms with E-state index in [4.69, 9.17) is 0 Å². The monoisotopic (exact) mass is 470 g/mol. The Morgan fingerprint density at radius 2 is 1.88 bits per heavy atom. The fourth-order valence-electron chi connectivity index (χ4n) is 6.99. The number of hydrogen-bond donors (Lipinski definition) is 1. The van der Waals surface area contributed by atoms with Gasteiger partial charge in [-0.2, -0.15) is 0 Å². The fourth-order valence-corrected chi connectivity index (χ4v) is 9.53. The van der Waals surface area contributed by atoms with E-state index in [1.165, 1.54) is 26.3 Å². The first-order valence-corrected chi connectivity index (χ1v) is 13.5. The molecule has 2 fully saturated rings. The highest BCUT2D eigenvalue weighted by Crippen LogP contribution is 2.70. The van der Waals surface area contributed by atoms with Crippen LogP contribution in [0.4, 0.5) is 4.39 Å². The quantitative estimate of drug-likeness (QED) is 0.537. The lowest BCUT2D eigenvalue weighted by atomic mass is 9.46. The third-order valence-corrected chi connectivity index (χ3v) is 11.0. The Morgan fingerprint density at radius 3 is 2.56 bits per heavy atom. The molecule has 0 radical (unpaired) electrons. The fraction of sp³-hybridized carbons (Fsp3) is 0.519. The van der Waals surface area contributed by atoms with E-state index in [2.05, 4.69) is 44.4 Å². The van der Waals surface area contributed by atoms with Gasteiger partial charge in [0, 0.05) is 31.5 Å². The summed E-state index contributed by atoms with van der Waals surface area (Å²) < 4.78 is 17.2. The SMILES string of the molecule is CSC1=C(Sc2ccc(C)cc2)C[C@H]2[C@@H]3CCC4=CC(=O)C=C[C@]4(C)C3(F)[C@@H](O)C[C@]12C. The van der Waals surface area contributed by atoms with Gasteiger partial charge in [-0.1, -0.05) is 48.0 Å². The minimum absolute atomic E-state index is 0.0707. The minimum atomic E-state index is -1.76. The van der Waals surface area contributed by atoms with Crippen LogP contribution in [0, 0.1) is 29.6 Å². The molecule has 0 amide bonds. The van der Waals surface area contributed by atoms with Crippen LogP contribution in [0.15, 0.2) is 62.8 Å². The summed E-state index contributed by atoms with van der Waals surface area (Å²) in [7, 11) is 0. The second-order valence-corrected chi connectivity index (χ2v) is 12.3. The van der Waals surface area contributed by atoms with Crippen molar-refractivity contribution in [3.05, 3.63) is 63.4 Å². The molecule has 2 nitrogen and oxygen atoms in total. The van der Waals surface area contributed by atoms with Gasteiger partial charge >= 0.3 is 0 Å². The largest absolute Gasteiger partial charge is 0.390 e. The zero-order valence-corrected chi connectivity index (χ0v) is 20.8. The Balaban J connectivity index is 1.54. The summed E-state index contributed by atoms with van der Waals surface area (Å²) >= 11 is 3.57. The molecule has 5 heteroatoms. The lowest BCUT2D eigenvalue weighted by Crippen LogP contribution is -2.66. The van der Waals surface area contributed by atoms with E-state index < -0.39 is 17.2 Å². The minimum Gasteiger partial charge on any atom is -0.390 e. The number of halogens is 1. The van der Waals surface area contributed by atoms with Gasteiger partial charge in [0.2, 0.25) is 0 Å². The van der Waals surface area contributed by atoms with E-state index in [0.29, 0.717) is 12.8 Å². The van der Waals surface area contributed by atoms with E-state index >= 15 is 4.39 Å². The van der Waals surface area contributed by atoms with Gasteiger partial charge in [0.1, 0.15) is 0 Å². The molecule has 6 atom stereocenters. The summed E-state index contributed by atoms with van der Waals surface area (Å²) in [5.74, 6) is -0.163. The van der Waals surface area contributed by atoms with Crippen molar-refractivity contribution in [1.82, 2.24) is 0 Å². The van der Waals surface area contributed by atoms with E-state index in [0.717, 1.165) is 18.4 Å². The number of aryl methyl sites for hydroxylation is 1. The Kier molecular flexibility index (Phi) is 5.35. The number of hydrogen-bond acceptors (Lipinski definition) is 4. The molecule has 170 valence electrons. The van der Waals surface area contributed by atoms with Crippen LogP contribution >= 0.6 is 23.5 Å². The maximum absolute atomic E-state index is 17.2. The molecule has 5 rings (SSSR count). The number of allylic oxidation sites excluding steroid dienone is 6. The molecular weight excluding hydrogens is 439 g/mol. The topological polar surface area (TPSA) is 37.3 Å². The Bertz CT molecular complexity index is 1060. The van der Waals surface area contributed by atoms with Gasteiger partial charge in [-0.05, 0) is 76.0 Å². The number of thioether (sulfide) groups is 2. The summed E-state index contributed by atoms with van der Waals surface area (Å²) in [6, 6.07) is 8.58. The van der Waals surface area contributed by atoms with Crippen molar-refractivity contribution < 1.29 is 14.3 Å². The van der Waals surface area contributed by atoms with Crippen LogP contribution in [0.25, 0.3) is 0 Å². The molecule has 0 aromatic heterocycles. The van der Waals surface area contributed by atoms with Gasteiger partial charge < -0.3 is 5.11 Å². The molecule has 1 N–H and O–H groups in total. The first kappa shape index (κ1) is 22.5. The number of fused-ring (bicyclic) bond motifs is 5. The van der Waals surface area contributed by atoms with Crippen molar-refractivity contribution in [3.63, 3.8) is 0 Å². The average Bonchev–Trinajstić information content (AvgIpc) is 3.02. The maximum atomic E-state index is 17.2. The van der Waals surface area contributed by atoms with E-state index in [1.54, 1.807) is 35.7 Å². The van der Waals surface area contributed by atoms with Gasteiger partial charge in [0.25, 0.3) is 0 Å². The molecular formula is C27H31FO2S2. The van der Waals surface area contributed by atoms with Gasteiger partial charge in [-0.25, -0.2) is 4.39 Å². The molecule has 32 heavy (non-hydrogen) atoms. The van der Waals surface area contributed by atoms with Crippen LogP contribution < -0.4 is 0 Å². The normalized spacial score (nSPS) is 40.6. The number of carbonyl (C=O) groups is 1. The van der Waals surface area contributed by atoms with Gasteiger partial charge in [0.15, 0.2) is 11.5 Å². The number of benzene rings is 1. The molecule has 1 aromatic rings. The maximum Gasteiger partial charge on any atom is 0.178 e. The van der Waals surface area contributed by atoms with Gasteiger partial charge in [-0.3, -0.25) is 4.79 Å². The van der Waals surface area contributed by atoms with Crippen LogP contribution in [0.2, 0.25) is 0 Å². The van der Waals surface area contributed by atoms with E-state index in [-0.39, 0.29) is 23.0 Å². The lowest BCUT2D eigenvalue weighted by Gasteiger charge is -2.61. The highest BCUT2D eigenvalue weighted by atomic mass is 32.2. The van der Waals surface area contributed by atoms with Crippen LogP contribution in [0.1, 0.15) is 45.1 Å². The van der Waals surface area contributed by atoms with Crippen LogP contribution in [0.3, 0.4) is 0 Å². The molecule has 0 spiro atoms. The molecule has 0 aliphatic heterocycles. The third kappa shape index (κ3) is 3.00. The van der Waals surface area contributed by atoms with Crippen molar-refractivity contribution in [2.45, 2.75) is 63.1 Å². The first-order valence-electron chi connectivity index (χ1n) is 11.5. The number of aliphatic hydroxyl groups is 1. The Hall–Kier alpha value is -1.30. The predicted octanol–water partition coefficient (Wildman–Crippen LogP) is 6.64. The second-order valence-electron chi connectivity index (χ2n) is 10.3. The van der Waals surface area contributed by atoms with Crippen molar-refractivity contribution in [3.8, 4) is 0 Å². The zero-order valence-electron chi connectivity index (χ0n) is 19.2. The van der Waals surface area contributed by atoms with E-state index in [1.807, 2.05) is 6.92 Å². The van der Waals surface area contributed by atoms with E-state index in [9.17, 15) is 9.90 Å². The first-order chi connectivity index (χ1) is 15.1. The van der Waals surface area contributed by atoms with Crippen molar-refractivity contribution >= 4 is 29.3 Å². The third-order valence-electron chi connectivity index (χ3n) is 8.67. The molecule has 4 aliphatic carbocycles. The summed E-state index contributed by atoms with van der Waals surface area (Å²) in [5.41, 5.74) is -0.818. The van der Waals surface area contributed by atoms with Crippen molar-refractivity contribution in [2.75, 3.05) is 6.26 Å². The Labute approximate surface area is 198 Å². The number of rotatable bonds is 3. The van der Waals surface area contributed by atoms with Crippen LogP contribution in [-0.2, 0) is 4.79 Å². The number of aliphatic hydroxyl groups excluding tert-OH is 1. The summed E-state index contributed by atoms with van der Waals surface area (Å²) in [4.78, 5) is 15.8. The molecule has 0 bridgehead atoms. The standard InChI is InChI=1S/C27H31FO2S2/c1-16-5-8-19(9-6-16)32-22-14-21-20-10-7-17-13-18(29)11-12-26(17,3)27(20,28)23(30)15-25(21,2)24(22)31-4/h5-6,8-9,11-13,20-21,23,30H,7,10,14-15H2,1-4H3/t20-,21-,23-,25-,26-,27?/m0/s1. The second kappa shape index (κ2) is 7.61. The van der Waals surface area contributed by atoms with Gasteiger partial charge in [0.05, 0.1) is 6.10 Å². The molecule has 0 saturated heterocycles. The zero-order chi connectivity index (χ0) is 22.9. The molecule has 2 saturated carbocycles. The predicted molar refractivity (Wildman–Crippen MR) is 131 cm³/mol. The molecule has 0 heterocycles. The van der Waals surface area contributed by atoms with Crippen LogP contribution in [-0.4, -0.2) is 28.9 Å². The molecule has 4 aliphatic rings. The Morgan fingerprint density at radius 1 is 1.16 bits per heavy atom. The smallest absolute Gasteiger partial charge is 0.178 e. The van der Waals surface area contributed by atoms with Crippen molar-refractivity contribution in [2.24, 2.45) is 22.7 Å². The summed E-state index contributed by atoms with van der Waals surface area (Å²) in [5, 5.41) is 11.4. The lowest BCUT2D eigenvalue weighted by molar-refractivity contribution is -0.184. The average molecular weight is 471 g/mol. The summed E-state index contributed by atoms with van der Waals surface area (Å²) in [6.07, 6.45) is 8.56. The number of carbonyl (C=O) groups excluding carboxylic acids is 1. The van der Waals surface area contributed by atoms with Gasteiger partial charge in [-0.15, -0.1) is 11.8 Å². The molecule has 1 unspecified atom stereocenters. The van der Waals surface area contributed by atoms with Crippen molar-refractivity contribution in [1.29, 1.82) is 0 Å². The molecule has 1 aromatic carbocycles. The van der Waals surface area contributed by atoms with Crippen LogP contribution in [0.5, 0.6) is 0 Å².